The molecule has 0 bridgehead atoms. The summed E-state index contributed by atoms with van der Waals surface area (Å²) < 4.78 is 39.4. The summed E-state index contributed by atoms with van der Waals surface area (Å²) in [4.78, 5) is 18.8. The van der Waals surface area contributed by atoms with Crippen molar-refractivity contribution in [2.75, 3.05) is 29.4 Å². The fourth-order valence-electron chi connectivity index (χ4n) is 3.92. The molecule has 2 aromatic carbocycles. The SMILES string of the molecule is O=C(c1cccnc1)N1CCCc2cc(NS(=O)(=O)c3ccc4c(c3)OCCO4)ccc21. The molecular weight excluding hydrogens is 430 g/mol. The maximum atomic E-state index is 12.9. The van der Waals surface area contributed by atoms with Gasteiger partial charge in [0.2, 0.25) is 0 Å². The first kappa shape index (κ1) is 20.3. The minimum atomic E-state index is -3.82. The number of hydrogen-bond donors (Lipinski definition) is 1. The van der Waals surface area contributed by atoms with E-state index in [4.69, 9.17) is 9.47 Å². The Morgan fingerprint density at radius 1 is 1.03 bits per heavy atom. The average molecular weight is 452 g/mol. The summed E-state index contributed by atoms with van der Waals surface area (Å²) in [5, 5.41) is 0. The highest BCUT2D eigenvalue weighted by Crippen LogP contribution is 2.34. The van der Waals surface area contributed by atoms with E-state index in [-0.39, 0.29) is 10.8 Å². The Balaban J connectivity index is 1.40. The van der Waals surface area contributed by atoms with Gasteiger partial charge in [-0.15, -0.1) is 0 Å². The Hall–Kier alpha value is -3.59. The van der Waals surface area contributed by atoms with Crippen LogP contribution in [0.5, 0.6) is 11.5 Å². The number of nitrogens with zero attached hydrogens (tertiary/aromatic N) is 2. The summed E-state index contributed by atoms with van der Waals surface area (Å²) >= 11 is 0. The van der Waals surface area contributed by atoms with Crippen molar-refractivity contribution in [3.05, 3.63) is 72.1 Å². The van der Waals surface area contributed by atoms with E-state index in [2.05, 4.69) is 9.71 Å². The van der Waals surface area contributed by atoms with Gasteiger partial charge in [-0.05, 0) is 60.9 Å². The quantitative estimate of drug-likeness (QED) is 0.654. The number of ether oxygens (including phenoxy) is 2. The van der Waals surface area contributed by atoms with Crippen LogP contribution in [0.2, 0.25) is 0 Å². The number of aryl methyl sites for hydroxylation is 1. The van der Waals surface area contributed by atoms with Crippen molar-refractivity contribution >= 4 is 27.3 Å². The lowest BCUT2D eigenvalue weighted by Gasteiger charge is -2.30. The predicted octanol–water partition coefficient (Wildman–Crippen LogP) is 3.25. The van der Waals surface area contributed by atoms with E-state index in [9.17, 15) is 13.2 Å². The number of sulfonamides is 1. The lowest BCUT2D eigenvalue weighted by molar-refractivity contribution is 0.0984. The molecule has 32 heavy (non-hydrogen) atoms. The van der Waals surface area contributed by atoms with Gasteiger partial charge in [-0.25, -0.2) is 8.42 Å². The van der Waals surface area contributed by atoms with E-state index >= 15 is 0 Å². The van der Waals surface area contributed by atoms with E-state index in [1.807, 2.05) is 0 Å². The highest BCUT2D eigenvalue weighted by Gasteiger charge is 2.25. The first-order chi connectivity index (χ1) is 15.5. The van der Waals surface area contributed by atoms with E-state index in [0.29, 0.717) is 42.5 Å². The standard InChI is InChI=1S/C23H21N3O5S/c27-23(17-3-1-9-24-15-17)26-10-2-4-16-13-18(5-7-20(16)26)25-32(28,29)19-6-8-21-22(14-19)31-12-11-30-21/h1,3,5-9,13-15,25H,2,4,10-12H2. The number of carbonyl (C=O) groups excluding carboxylic acids is 1. The van der Waals surface area contributed by atoms with Crippen LogP contribution in [0, 0.1) is 0 Å². The monoisotopic (exact) mass is 451 g/mol. The molecule has 0 spiro atoms. The van der Waals surface area contributed by atoms with Crippen LogP contribution < -0.4 is 19.1 Å². The first-order valence-electron chi connectivity index (χ1n) is 10.3. The number of nitrogens with one attached hydrogen (secondary N) is 1. The van der Waals surface area contributed by atoms with Crippen molar-refractivity contribution in [3.8, 4) is 11.5 Å². The van der Waals surface area contributed by atoms with Crippen molar-refractivity contribution in [1.29, 1.82) is 0 Å². The number of benzene rings is 2. The predicted molar refractivity (Wildman–Crippen MR) is 119 cm³/mol. The Morgan fingerprint density at radius 2 is 1.88 bits per heavy atom. The van der Waals surface area contributed by atoms with Crippen molar-refractivity contribution in [3.63, 3.8) is 0 Å². The summed E-state index contributed by atoms with van der Waals surface area (Å²) in [6.07, 6.45) is 4.72. The number of fused-ring (bicyclic) bond motifs is 2. The summed E-state index contributed by atoms with van der Waals surface area (Å²) in [6, 6.07) is 13.2. The summed E-state index contributed by atoms with van der Waals surface area (Å²) in [5.74, 6) is 0.820. The molecule has 2 aliphatic rings. The van der Waals surface area contributed by atoms with Gasteiger partial charge >= 0.3 is 0 Å². The Labute approximate surface area is 185 Å². The molecule has 0 unspecified atom stereocenters. The molecule has 5 rings (SSSR count). The minimum Gasteiger partial charge on any atom is -0.486 e. The van der Waals surface area contributed by atoms with E-state index < -0.39 is 10.0 Å². The zero-order valence-corrected chi connectivity index (χ0v) is 18.0. The van der Waals surface area contributed by atoms with Crippen LogP contribution in [0.3, 0.4) is 0 Å². The molecule has 0 radical (unpaired) electrons. The van der Waals surface area contributed by atoms with Gasteiger partial charge in [0, 0.05) is 36.4 Å². The van der Waals surface area contributed by atoms with Crippen molar-refractivity contribution in [2.45, 2.75) is 17.7 Å². The van der Waals surface area contributed by atoms with Crippen LogP contribution in [0.4, 0.5) is 11.4 Å². The van der Waals surface area contributed by atoms with Crippen LogP contribution in [-0.4, -0.2) is 39.1 Å². The third-order valence-electron chi connectivity index (χ3n) is 5.43. The highest BCUT2D eigenvalue weighted by molar-refractivity contribution is 7.92. The molecule has 1 amide bonds. The van der Waals surface area contributed by atoms with Gasteiger partial charge in [-0.3, -0.25) is 14.5 Å². The zero-order valence-electron chi connectivity index (χ0n) is 17.2. The maximum Gasteiger partial charge on any atom is 0.262 e. The third-order valence-corrected chi connectivity index (χ3v) is 6.81. The van der Waals surface area contributed by atoms with Crippen LogP contribution in [0.1, 0.15) is 22.3 Å². The fourth-order valence-corrected chi connectivity index (χ4v) is 4.99. The van der Waals surface area contributed by atoms with Crippen LogP contribution in [0.15, 0.2) is 65.8 Å². The average Bonchev–Trinajstić information content (AvgIpc) is 2.83. The van der Waals surface area contributed by atoms with E-state index in [1.165, 1.54) is 12.1 Å². The van der Waals surface area contributed by atoms with Gasteiger partial charge in [0.1, 0.15) is 13.2 Å². The second-order valence-corrected chi connectivity index (χ2v) is 9.24. The Kier molecular flexibility index (Phi) is 5.18. The van der Waals surface area contributed by atoms with E-state index in [0.717, 1.165) is 24.1 Å². The molecule has 1 N–H and O–H groups in total. The lowest BCUT2D eigenvalue weighted by atomic mass is 10.0. The molecule has 164 valence electrons. The van der Waals surface area contributed by atoms with E-state index in [1.54, 1.807) is 53.7 Å². The molecule has 0 saturated carbocycles. The fraction of sp³-hybridized carbons (Fsp3) is 0.217. The number of amides is 1. The van der Waals surface area contributed by atoms with Gasteiger partial charge in [-0.2, -0.15) is 0 Å². The summed E-state index contributed by atoms with van der Waals surface area (Å²) in [7, 11) is -3.82. The highest BCUT2D eigenvalue weighted by atomic mass is 32.2. The maximum absolute atomic E-state index is 12.9. The van der Waals surface area contributed by atoms with Gasteiger partial charge in [0.25, 0.3) is 15.9 Å². The first-order valence-corrected chi connectivity index (χ1v) is 11.8. The van der Waals surface area contributed by atoms with Gasteiger partial charge < -0.3 is 14.4 Å². The number of pyridine rings is 1. The van der Waals surface area contributed by atoms with Gasteiger partial charge in [-0.1, -0.05) is 0 Å². The van der Waals surface area contributed by atoms with Crippen LogP contribution in [-0.2, 0) is 16.4 Å². The molecule has 8 nitrogen and oxygen atoms in total. The van der Waals surface area contributed by atoms with Gasteiger partial charge in [0.15, 0.2) is 11.5 Å². The lowest BCUT2D eigenvalue weighted by Crippen LogP contribution is -2.35. The second kappa shape index (κ2) is 8.16. The second-order valence-electron chi connectivity index (χ2n) is 7.56. The Bertz CT molecular complexity index is 1280. The molecule has 2 aliphatic heterocycles. The number of aromatic nitrogens is 1. The van der Waals surface area contributed by atoms with Gasteiger partial charge in [0.05, 0.1) is 10.5 Å². The number of rotatable bonds is 4. The smallest absolute Gasteiger partial charge is 0.262 e. The molecule has 3 aromatic rings. The minimum absolute atomic E-state index is 0.0906. The number of hydrogen-bond acceptors (Lipinski definition) is 6. The topological polar surface area (TPSA) is 97.8 Å². The molecule has 0 fully saturated rings. The molecule has 3 heterocycles. The van der Waals surface area contributed by atoms with Crippen molar-refractivity contribution < 1.29 is 22.7 Å². The molecule has 0 aliphatic carbocycles. The largest absolute Gasteiger partial charge is 0.486 e. The van der Waals surface area contributed by atoms with Crippen LogP contribution >= 0.6 is 0 Å². The van der Waals surface area contributed by atoms with Crippen molar-refractivity contribution in [2.24, 2.45) is 0 Å². The summed E-state index contributed by atoms with van der Waals surface area (Å²) in [6.45, 7) is 1.42. The molecule has 0 atom stereocenters. The van der Waals surface area contributed by atoms with Crippen molar-refractivity contribution in [1.82, 2.24) is 4.98 Å². The zero-order chi connectivity index (χ0) is 22.1. The normalized spacial score (nSPS) is 15.1. The number of anilines is 2. The van der Waals surface area contributed by atoms with Crippen LogP contribution in [0.25, 0.3) is 0 Å². The molecule has 1 aromatic heterocycles. The molecule has 9 heteroatoms. The Morgan fingerprint density at radius 3 is 2.69 bits per heavy atom. The summed E-state index contributed by atoms with van der Waals surface area (Å²) in [5.41, 5.74) is 2.65. The third kappa shape index (κ3) is 3.87. The molecular formula is C23H21N3O5S. The number of carbonyl (C=O) groups is 1. The molecule has 0 saturated heterocycles.